The molecule has 0 aliphatic carbocycles. The normalized spacial score (nSPS) is 12.4. The van der Waals surface area contributed by atoms with Crippen LogP contribution >= 0.6 is 11.6 Å². The number of ether oxygens (including phenoxy) is 2. The molecule has 1 atom stereocenters. The SMILES string of the molecule is CCCNCc1ccc(OCC(O)COCC)c(Cl)c1. The largest absolute Gasteiger partial charge is 0.489 e. The van der Waals surface area contributed by atoms with Crippen molar-refractivity contribution in [2.75, 3.05) is 26.4 Å². The van der Waals surface area contributed by atoms with Gasteiger partial charge in [0, 0.05) is 13.2 Å². The maximum atomic E-state index is 9.63. The Morgan fingerprint density at radius 3 is 2.75 bits per heavy atom. The Morgan fingerprint density at radius 2 is 2.10 bits per heavy atom. The molecule has 0 aliphatic heterocycles. The van der Waals surface area contributed by atoms with E-state index < -0.39 is 6.10 Å². The van der Waals surface area contributed by atoms with Crippen LogP contribution in [0.1, 0.15) is 25.8 Å². The fourth-order valence-corrected chi connectivity index (χ4v) is 1.93. The third-order valence-corrected chi connectivity index (χ3v) is 2.99. The van der Waals surface area contributed by atoms with Crippen molar-refractivity contribution in [2.45, 2.75) is 32.9 Å². The minimum Gasteiger partial charge on any atom is -0.489 e. The lowest BCUT2D eigenvalue weighted by Crippen LogP contribution is -2.23. The summed E-state index contributed by atoms with van der Waals surface area (Å²) in [4.78, 5) is 0. The molecule has 1 aromatic rings. The maximum absolute atomic E-state index is 9.63. The predicted molar refractivity (Wildman–Crippen MR) is 81.4 cm³/mol. The average molecular weight is 302 g/mol. The molecule has 1 unspecified atom stereocenters. The van der Waals surface area contributed by atoms with Crippen molar-refractivity contribution in [3.05, 3.63) is 28.8 Å². The lowest BCUT2D eigenvalue weighted by Gasteiger charge is -2.14. The van der Waals surface area contributed by atoms with Crippen LogP contribution in [0.15, 0.2) is 18.2 Å². The minimum absolute atomic E-state index is 0.174. The number of hydrogen-bond donors (Lipinski definition) is 2. The molecule has 1 rings (SSSR count). The molecule has 5 heteroatoms. The Labute approximate surface area is 126 Å². The number of benzene rings is 1. The van der Waals surface area contributed by atoms with E-state index in [1.165, 1.54) is 0 Å². The van der Waals surface area contributed by atoms with Crippen LogP contribution in [0.2, 0.25) is 5.02 Å². The average Bonchev–Trinajstić information content (AvgIpc) is 2.44. The lowest BCUT2D eigenvalue weighted by atomic mass is 10.2. The number of nitrogens with one attached hydrogen (secondary N) is 1. The third kappa shape index (κ3) is 6.57. The second-order valence-corrected chi connectivity index (χ2v) is 4.97. The van der Waals surface area contributed by atoms with Crippen molar-refractivity contribution in [3.63, 3.8) is 0 Å². The zero-order valence-corrected chi connectivity index (χ0v) is 12.9. The van der Waals surface area contributed by atoms with Gasteiger partial charge in [-0.15, -0.1) is 0 Å². The van der Waals surface area contributed by atoms with Crippen LogP contribution in [-0.4, -0.2) is 37.6 Å². The van der Waals surface area contributed by atoms with Gasteiger partial charge in [-0.3, -0.25) is 0 Å². The van der Waals surface area contributed by atoms with Crippen LogP contribution in [0.4, 0.5) is 0 Å². The van der Waals surface area contributed by atoms with Gasteiger partial charge < -0.3 is 19.9 Å². The Bertz CT molecular complexity index is 387. The van der Waals surface area contributed by atoms with Crippen LogP contribution in [0, 0.1) is 0 Å². The number of rotatable bonds is 10. The monoisotopic (exact) mass is 301 g/mol. The van der Waals surface area contributed by atoms with E-state index in [4.69, 9.17) is 21.1 Å². The van der Waals surface area contributed by atoms with Crippen molar-refractivity contribution < 1.29 is 14.6 Å². The van der Waals surface area contributed by atoms with Gasteiger partial charge in [-0.1, -0.05) is 24.6 Å². The smallest absolute Gasteiger partial charge is 0.138 e. The Hall–Kier alpha value is -0.810. The van der Waals surface area contributed by atoms with Gasteiger partial charge in [0.05, 0.1) is 11.6 Å². The first-order valence-corrected chi connectivity index (χ1v) is 7.42. The maximum Gasteiger partial charge on any atom is 0.138 e. The van der Waals surface area contributed by atoms with Crippen LogP contribution in [0.25, 0.3) is 0 Å². The summed E-state index contributed by atoms with van der Waals surface area (Å²) in [7, 11) is 0. The van der Waals surface area contributed by atoms with Crippen LogP contribution in [-0.2, 0) is 11.3 Å². The van der Waals surface area contributed by atoms with Gasteiger partial charge in [0.2, 0.25) is 0 Å². The highest BCUT2D eigenvalue weighted by molar-refractivity contribution is 6.32. The van der Waals surface area contributed by atoms with E-state index in [9.17, 15) is 5.11 Å². The second kappa shape index (κ2) is 10.00. The van der Waals surface area contributed by atoms with Gasteiger partial charge in [-0.05, 0) is 37.6 Å². The van der Waals surface area contributed by atoms with Gasteiger partial charge in [0.15, 0.2) is 0 Å². The van der Waals surface area contributed by atoms with E-state index in [-0.39, 0.29) is 13.2 Å². The molecule has 0 aliphatic rings. The van der Waals surface area contributed by atoms with E-state index in [1.807, 2.05) is 25.1 Å². The summed E-state index contributed by atoms with van der Waals surface area (Å²) in [5.41, 5.74) is 1.12. The molecule has 2 N–H and O–H groups in total. The Balaban J connectivity index is 2.43. The van der Waals surface area contributed by atoms with Crippen LogP contribution in [0.3, 0.4) is 0 Å². The van der Waals surface area contributed by atoms with Crippen molar-refractivity contribution in [2.24, 2.45) is 0 Å². The lowest BCUT2D eigenvalue weighted by molar-refractivity contribution is 0.0164. The van der Waals surface area contributed by atoms with Crippen molar-refractivity contribution in [1.29, 1.82) is 0 Å². The molecular weight excluding hydrogens is 278 g/mol. The summed E-state index contributed by atoms with van der Waals surface area (Å²) in [6.07, 6.45) is 0.462. The second-order valence-electron chi connectivity index (χ2n) is 4.57. The first-order valence-electron chi connectivity index (χ1n) is 7.05. The van der Waals surface area contributed by atoms with Gasteiger partial charge >= 0.3 is 0 Å². The van der Waals surface area contributed by atoms with Gasteiger partial charge in [0.1, 0.15) is 18.5 Å². The first kappa shape index (κ1) is 17.2. The fourth-order valence-electron chi connectivity index (χ4n) is 1.67. The van der Waals surface area contributed by atoms with Gasteiger partial charge in [-0.2, -0.15) is 0 Å². The molecule has 0 spiro atoms. The highest BCUT2D eigenvalue weighted by Crippen LogP contribution is 2.25. The highest BCUT2D eigenvalue weighted by Gasteiger charge is 2.08. The molecular formula is C15H24ClNO3. The molecule has 0 heterocycles. The molecule has 0 fully saturated rings. The zero-order valence-electron chi connectivity index (χ0n) is 12.2. The topological polar surface area (TPSA) is 50.7 Å². The summed E-state index contributed by atoms with van der Waals surface area (Å²) in [6.45, 7) is 6.82. The van der Waals surface area contributed by atoms with Gasteiger partial charge in [-0.25, -0.2) is 0 Å². The molecule has 0 radical (unpaired) electrons. The highest BCUT2D eigenvalue weighted by atomic mass is 35.5. The summed E-state index contributed by atoms with van der Waals surface area (Å²) >= 11 is 6.16. The van der Waals surface area contributed by atoms with E-state index in [0.29, 0.717) is 17.4 Å². The van der Waals surface area contributed by atoms with Crippen molar-refractivity contribution in [3.8, 4) is 5.75 Å². The number of aliphatic hydroxyl groups is 1. The molecule has 0 amide bonds. The van der Waals surface area contributed by atoms with Crippen LogP contribution in [0.5, 0.6) is 5.75 Å². The molecule has 1 aromatic carbocycles. The summed E-state index contributed by atoms with van der Waals surface area (Å²) in [5, 5.41) is 13.5. The molecule has 20 heavy (non-hydrogen) atoms. The third-order valence-electron chi connectivity index (χ3n) is 2.70. The molecule has 0 bridgehead atoms. The first-order chi connectivity index (χ1) is 9.67. The molecule has 0 saturated heterocycles. The Kier molecular flexibility index (Phi) is 8.62. The van der Waals surface area contributed by atoms with E-state index in [2.05, 4.69) is 12.2 Å². The van der Waals surface area contributed by atoms with Gasteiger partial charge in [0.25, 0.3) is 0 Å². The number of hydrogen-bond acceptors (Lipinski definition) is 4. The summed E-state index contributed by atoms with van der Waals surface area (Å²) < 4.78 is 10.6. The van der Waals surface area contributed by atoms with Crippen LogP contribution < -0.4 is 10.1 Å². The van der Waals surface area contributed by atoms with Crippen molar-refractivity contribution in [1.82, 2.24) is 5.32 Å². The van der Waals surface area contributed by atoms with E-state index >= 15 is 0 Å². The molecule has 4 nitrogen and oxygen atoms in total. The molecule has 0 saturated carbocycles. The number of halogens is 1. The predicted octanol–water partition coefficient (Wildman–Crippen LogP) is 2.62. The quantitative estimate of drug-likeness (QED) is 0.652. The zero-order chi connectivity index (χ0) is 14.8. The van der Waals surface area contributed by atoms with E-state index in [0.717, 1.165) is 25.1 Å². The van der Waals surface area contributed by atoms with E-state index in [1.54, 1.807) is 0 Å². The van der Waals surface area contributed by atoms with Crippen molar-refractivity contribution >= 4 is 11.6 Å². The summed E-state index contributed by atoms with van der Waals surface area (Å²) in [6, 6.07) is 5.69. The fraction of sp³-hybridized carbons (Fsp3) is 0.600. The minimum atomic E-state index is -0.642. The molecule has 114 valence electrons. The molecule has 0 aromatic heterocycles. The summed E-state index contributed by atoms with van der Waals surface area (Å²) in [5.74, 6) is 0.585. The standard InChI is InChI=1S/C15H24ClNO3/c1-3-7-17-9-12-5-6-15(14(16)8-12)20-11-13(18)10-19-4-2/h5-6,8,13,17-18H,3-4,7,9-11H2,1-2H3. The Morgan fingerprint density at radius 1 is 1.30 bits per heavy atom. The number of aliphatic hydroxyl groups excluding tert-OH is 1.